The molecule has 5 heteroatoms. The summed E-state index contributed by atoms with van der Waals surface area (Å²) in [5.74, 6) is 0.475. The van der Waals surface area contributed by atoms with Gasteiger partial charge < -0.3 is 10.1 Å². The molecule has 0 saturated carbocycles. The molecule has 0 amide bonds. The van der Waals surface area contributed by atoms with Gasteiger partial charge in [-0.1, -0.05) is 0 Å². The summed E-state index contributed by atoms with van der Waals surface area (Å²) in [5, 5.41) is 8.53. The molecule has 100 valence electrons. The predicted molar refractivity (Wildman–Crippen MR) is 73.6 cm³/mol. The van der Waals surface area contributed by atoms with Crippen LogP contribution in [0.3, 0.4) is 0 Å². The molecule has 0 bridgehead atoms. The van der Waals surface area contributed by atoms with Gasteiger partial charge in [0, 0.05) is 17.0 Å². The lowest BCUT2D eigenvalue weighted by molar-refractivity contribution is 0.0988. The van der Waals surface area contributed by atoms with Gasteiger partial charge in [-0.25, -0.2) is 0 Å². The maximum absolute atomic E-state index is 12.2. The molecule has 0 saturated heterocycles. The van der Waals surface area contributed by atoms with E-state index >= 15 is 0 Å². The monoisotopic (exact) mass is 269 g/mol. The zero-order valence-electron chi connectivity index (χ0n) is 11.2. The zero-order valence-corrected chi connectivity index (χ0v) is 12.0. The third kappa shape index (κ3) is 3.03. The van der Waals surface area contributed by atoms with E-state index in [-0.39, 0.29) is 23.4 Å². The van der Waals surface area contributed by atoms with Crippen molar-refractivity contribution in [3.8, 4) is 0 Å². The molecule has 0 radical (unpaired) electrons. The van der Waals surface area contributed by atoms with Crippen LogP contribution < -0.4 is 0 Å². The Morgan fingerprint density at radius 2 is 2.00 bits per heavy atom. The molecule has 2 N–H and O–H groups in total. The van der Waals surface area contributed by atoms with Gasteiger partial charge in [0.25, 0.3) is 0 Å². The second kappa shape index (κ2) is 6.20. The molecule has 0 aliphatic carbocycles. The van der Waals surface area contributed by atoms with E-state index in [1.54, 1.807) is 13.8 Å². The highest BCUT2D eigenvalue weighted by atomic mass is 32.2. The summed E-state index contributed by atoms with van der Waals surface area (Å²) in [6.45, 7) is 6.96. The fraction of sp³-hybridized carbons (Fsp3) is 0.538. The first-order valence-corrected chi connectivity index (χ1v) is 6.91. The van der Waals surface area contributed by atoms with Gasteiger partial charge >= 0.3 is 0 Å². The molecule has 1 heterocycles. The average molecular weight is 269 g/mol. The van der Waals surface area contributed by atoms with Crippen molar-refractivity contribution in [2.24, 2.45) is 0 Å². The number of hydrogen-bond acceptors (Lipinski definition) is 4. The molecule has 4 nitrogen and oxygen atoms in total. The number of H-pyrrole nitrogens is 1. The molecule has 1 atom stereocenters. The fourth-order valence-corrected chi connectivity index (χ4v) is 2.76. The average Bonchev–Trinajstić information content (AvgIpc) is 2.60. The van der Waals surface area contributed by atoms with Gasteiger partial charge in [0.1, 0.15) is 0 Å². The molecule has 0 spiro atoms. The van der Waals surface area contributed by atoms with Crippen LogP contribution >= 0.6 is 11.8 Å². The van der Waals surface area contributed by atoms with Crippen LogP contribution in [-0.2, 0) is 0 Å². The summed E-state index contributed by atoms with van der Waals surface area (Å²) in [4.78, 5) is 26.7. The number of hydrogen-bond donors (Lipinski definition) is 2. The molecule has 1 aromatic rings. The van der Waals surface area contributed by atoms with Gasteiger partial charge in [-0.15, -0.1) is 11.8 Å². The van der Waals surface area contributed by atoms with Gasteiger partial charge in [-0.05, 0) is 33.3 Å². The van der Waals surface area contributed by atoms with Crippen LogP contribution in [0.2, 0.25) is 0 Å². The second-order valence-corrected chi connectivity index (χ2v) is 5.73. The number of aliphatic hydroxyl groups excluding tert-OH is 1. The Morgan fingerprint density at radius 1 is 1.39 bits per heavy atom. The first-order chi connectivity index (χ1) is 8.40. The lowest BCUT2D eigenvalue weighted by atomic mass is 10.0. The number of Topliss-reactive ketones (excluding diaryl/α,β-unsaturated/α-hetero) is 2. The van der Waals surface area contributed by atoms with Crippen molar-refractivity contribution in [1.82, 2.24) is 4.98 Å². The minimum absolute atomic E-state index is 0.0263. The summed E-state index contributed by atoms with van der Waals surface area (Å²) in [6.07, 6.45) is 0. The van der Waals surface area contributed by atoms with E-state index in [0.717, 1.165) is 11.3 Å². The van der Waals surface area contributed by atoms with Crippen molar-refractivity contribution < 1.29 is 14.7 Å². The van der Waals surface area contributed by atoms with Gasteiger partial charge in [-0.2, -0.15) is 0 Å². The van der Waals surface area contributed by atoms with Crippen molar-refractivity contribution >= 4 is 23.3 Å². The maximum Gasteiger partial charge on any atom is 0.191 e. The molecular weight excluding hydrogens is 250 g/mol. The predicted octanol–water partition coefficient (Wildman–Crippen LogP) is 2.13. The number of thioether (sulfide) groups is 1. The van der Waals surface area contributed by atoms with E-state index in [9.17, 15) is 9.59 Å². The van der Waals surface area contributed by atoms with Crippen molar-refractivity contribution in [1.29, 1.82) is 0 Å². The van der Waals surface area contributed by atoms with Crippen LogP contribution in [0.25, 0.3) is 0 Å². The van der Waals surface area contributed by atoms with Crippen LogP contribution in [0.1, 0.15) is 46.0 Å². The van der Waals surface area contributed by atoms with Gasteiger partial charge in [0.05, 0.1) is 17.6 Å². The Kier molecular flexibility index (Phi) is 5.16. The van der Waals surface area contributed by atoms with E-state index in [4.69, 9.17) is 5.11 Å². The quantitative estimate of drug-likeness (QED) is 0.776. The lowest BCUT2D eigenvalue weighted by Crippen LogP contribution is -2.16. The first kappa shape index (κ1) is 15.0. The Hall–Kier alpha value is -1.07. The fourth-order valence-electron chi connectivity index (χ4n) is 2.03. The summed E-state index contributed by atoms with van der Waals surface area (Å²) >= 11 is 1.41. The molecule has 0 fully saturated rings. The van der Waals surface area contributed by atoms with E-state index in [1.165, 1.54) is 18.7 Å². The summed E-state index contributed by atoms with van der Waals surface area (Å²) in [5.41, 5.74) is 2.58. The van der Waals surface area contributed by atoms with Gasteiger partial charge in [0.2, 0.25) is 0 Å². The highest BCUT2D eigenvalue weighted by molar-refractivity contribution is 8.00. The molecule has 0 unspecified atom stereocenters. The van der Waals surface area contributed by atoms with E-state index in [2.05, 4.69) is 4.98 Å². The summed E-state index contributed by atoms with van der Waals surface area (Å²) in [6, 6.07) is 0. The number of aryl methyl sites for hydroxylation is 1. The molecule has 1 rings (SSSR count). The number of carbonyl (C=O) groups excluding carboxylic acids is 2. The van der Waals surface area contributed by atoms with Crippen LogP contribution in [0.4, 0.5) is 0 Å². The zero-order chi connectivity index (χ0) is 13.9. The van der Waals surface area contributed by atoms with E-state index < -0.39 is 0 Å². The van der Waals surface area contributed by atoms with Crippen molar-refractivity contribution in [3.63, 3.8) is 0 Å². The highest BCUT2D eigenvalue weighted by Crippen LogP contribution is 2.23. The third-order valence-corrected chi connectivity index (χ3v) is 4.00. The Bertz CT molecular complexity index is 465. The van der Waals surface area contributed by atoms with Crippen LogP contribution in [-0.4, -0.2) is 39.3 Å². The molecule has 18 heavy (non-hydrogen) atoms. The largest absolute Gasteiger partial charge is 0.396 e. The standard InChI is InChI=1S/C13H19NO3S/c1-7-11(9(3)16)8(2)14-12(7)13(17)10(4)18-6-5-15/h10,14-15H,5-6H2,1-4H3/t10-/m0/s1. The Labute approximate surface area is 111 Å². The van der Waals surface area contributed by atoms with Crippen molar-refractivity contribution in [2.45, 2.75) is 32.9 Å². The minimum atomic E-state index is -0.228. The number of aliphatic hydroxyl groups is 1. The number of ketones is 2. The Balaban J connectivity index is 3.00. The third-order valence-electron chi connectivity index (χ3n) is 2.86. The normalized spacial score (nSPS) is 12.5. The summed E-state index contributed by atoms with van der Waals surface area (Å²) < 4.78 is 0. The second-order valence-electron chi connectivity index (χ2n) is 4.28. The van der Waals surface area contributed by atoms with E-state index in [1.807, 2.05) is 6.92 Å². The smallest absolute Gasteiger partial charge is 0.191 e. The SMILES string of the molecule is CC(=O)c1c(C)[nH]c(C(=O)[C@H](C)SCCO)c1C. The number of aromatic nitrogens is 1. The van der Waals surface area contributed by atoms with Crippen LogP contribution in [0, 0.1) is 13.8 Å². The maximum atomic E-state index is 12.2. The van der Waals surface area contributed by atoms with Crippen molar-refractivity contribution in [2.75, 3.05) is 12.4 Å². The van der Waals surface area contributed by atoms with Gasteiger partial charge in [0.15, 0.2) is 11.6 Å². The molecule has 0 aromatic carbocycles. The topological polar surface area (TPSA) is 70.2 Å². The number of carbonyl (C=O) groups is 2. The van der Waals surface area contributed by atoms with Crippen molar-refractivity contribution in [3.05, 3.63) is 22.5 Å². The lowest BCUT2D eigenvalue weighted by Gasteiger charge is -2.08. The molecule has 0 aliphatic heterocycles. The number of nitrogens with one attached hydrogen (secondary N) is 1. The van der Waals surface area contributed by atoms with Crippen LogP contribution in [0.5, 0.6) is 0 Å². The number of rotatable bonds is 6. The van der Waals surface area contributed by atoms with E-state index in [0.29, 0.717) is 17.0 Å². The first-order valence-electron chi connectivity index (χ1n) is 5.86. The summed E-state index contributed by atoms with van der Waals surface area (Å²) in [7, 11) is 0. The highest BCUT2D eigenvalue weighted by Gasteiger charge is 2.23. The molecule has 0 aliphatic rings. The van der Waals surface area contributed by atoms with Crippen LogP contribution in [0.15, 0.2) is 0 Å². The minimum Gasteiger partial charge on any atom is -0.396 e. The van der Waals surface area contributed by atoms with Gasteiger partial charge in [-0.3, -0.25) is 9.59 Å². The molecular formula is C13H19NO3S. The Morgan fingerprint density at radius 3 is 2.44 bits per heavy atom. The molecule has 1 aromatic heterocycles. The number of aromatic amines is 1.